The molecule has 1 radical (unpaired) electrons. The molecule has 1 aromatic heterocycles. The molecule has 0 spiro atoms. The number of aromatic nitrogens is 3. The third-order valence-corrected chi connectivity index (χ3v) is 4.62. The third kappa shape index (κ3) is 3.12. The standard InChI is InChI=1S/C14H16N3O5Se/c18-6-10-12(20)11(13(21)14(23)22-10)17-5-9(15-16-17)7-2-1-3-8(19)4-7/h1-5,10-14,18-21H,6H2/t10-,11+,12+,13-,14+/m1/s1. The Morgan fingerprint density at radius 1 is 1.26 bits per heavy atom. The van der Waals surface area contributed by atoms with E-state index in [0.717, 1.165) is 0 Å². The van der Waals surface area contributed by atoms with Crippen molar-refractivity contribution < 1.29 is 25.2 Å². The Labute approximate surface area is 140 Å². The van der Waals surface area contributed by atoms with E-state index >= 15 is 0 Å². The molecule has 1 saturated heterocycles. The van der Waals surface area contributed by atoms with E-state index in [1.54, 1.807) is 24.4 Å². The maximum atomic E-state index is 10.3. The van der Waals surface area contributed by atoms with E-state index in [0.29, 0.717) is 11.3 Å². The van der Waals surface area contributed by atoms with Gasteiger partial charge in [-0.2, -0.15) is 0 Å². The van der Waals surface area contributed by atoms with Crippen LogP contribution in [-0.2, 0) is 4.74 Å². The molecule has 2 heterocycles. The average Bonchev–Trinajstić information content (AvgIpc) is 3.01. The second-order valence-electron chi connectivity index (χ2n) is 5.33. The molecule has 4 N–H and O–H groups in total. The van der Waals surface area contributed by atoms with Crippen LogP contribution in [0.5, 0.6) is 5.75 Å². The van der Waals surface area contributed by atoms with Gasteiger partial charge in [-0.1, -0.05) is 0 Å². The number of ether oxygens (including phenoxy) is 1. The predicted molar refractivity (Wildman–Crippen MR) is 79.7 cm³/mol. The summed E-state index contributed by atoms with van der Waals surface area (Å²) >= 11 is 2.67. The van der Waals surface area contributed by atoms with Crippen molar-refractivity contribution in [2.75, 3.05) is 6.61 Å². The first kappa shape index (κ1) is 16.4. The molecule has 123 valence electrons. The molecule has 0 aliphatic carbocycles. The predicted octanol–water partition coefficient (Wildman–Crippen LogP) is -1.20. The number of phenols is 1. The monoisotopic (exact) mass is 386 g/mol. The van der Waals surface area contributed by atoms with Crippen LogP contribution in [0, 0.1) is 0 Å². The molecule has 0 unspecified atom stereocenters. The van der Waals surface area contributed by atoms with Crippen molar-refractivity contribution in [3.63, 3.8) is 0 Å². The van der Waals surface area contributed by atoms with E-state index in [2.05, 4.69) is 26.3 Å². The summed E-state index contributed by atoms with van der Waals surface area (Å²) in [5.41, 5.74) is 1.15. The van der Waals surface area contributed by atoms with E-state index in [1.807, 2.05) is 0 Å². The van der Waals surface area contributed by atoms with Crippen LogP contribution in [0.15, 0.2) is 30.5 Å². The molecular formula is C14H16N3O5Se. The SMILES string of the molecule is OC[C@H]1O[C@@H]([Se])[C@H](O)[C@@H](n2cc(-c3cccc(O)c3)nn2)[C@H]1O. The summed E-state index contributed by atoms with van der Waals surface area (Å²) in [5, 5.41) is 46.7. The van der Waals surface area contributed by atoms with E-state index in [4.69, 9.17) is 4.74 Å². The van der Waals surface area contributed by atoms with Crippen molar-refractivity contribution in [3.8, 4) is 17.0 Å². The molecule has 8 nitrogen and oxygen atoms in total. The second-order valence-corrected chi connectivity index (χ2v) is 6.31. The zero-order valence-corrected chi connectivity index (χ0v) is 13.6. The normalized spacial score (nSPS) is 31.2. The number of nitrogens with zero attached hydrogens (tertiary/aromatic N) is 3. The summed E-state index contributed by atoms with van der Waals surface area (Å²) < 4.78 is 6.67. The molecule has 1 aromatic carbocycles. The molecular weight excluding hydrogens is 369 g/mol. The van der Waals surface area contributed by atoms with Crippen LogP contribution in [0.3, 0.4) is 0 Å². The van der Waals surface area contributed by atoms with Crippen LogP contribution in [0.4, 0.5) is 0 Å². The Bertz CT molecular complexity index is 682. The van der Waals surface area contributed by atoms with Gasteiger partial charge in [0.25, 0.3) is 0 Å². The number of aromatic hydroxyl groups is 1. The fourth-order valence-corrected chi connectivity index (χ4v) is 3.24. The van der Waals surface area contributed by atoms with Crippen LogP contribution in [0.1, 0.15) is 6.04 Å². The summed E-state index contributed by atoms with van der Waals surface area (Å²) in [6.45, 7) is -0.378. The van der Waals surface area contributed by atoms with Gasteiger partial charge in [-0.25, -0.2) is 0 Å². The number of aliphatic hydroxyl groups excluding tert-OH is 3. The van der Waals surface area contributed by atoms with Crippen LogP contribution in [0.25, 0.3) is 11.3 Å². The van der Waals surface area contributed by atoms with Gasteiger partial charge in [-0.3, -0.25) is 0 Å². The Balaban J connectivity index is 1.92. The number of rotatable bonds is 3. The minimum absolute atomic E-state index is 0.103. The van der Waals surface area contributed by atoms with Gasteiger partial charge in [0.15, 0.2) is 0 Å². The fraction of sp³-hybridized carbons (Fsp3) is 0.429. The van der Waals surface area contributed by atoms with Gasteiger partial charge < -0.3 is 0 Å². The average molecular weight is 385 g/mol. The second kappa shape index (κ2) is 6.56. The molecule has 9 heteroatoms. The zero-order chi connectivity index (χ0) is 16.6. The Kier molecular flexibility index (Phi) is 4.67. The Hall–Kier alpha value is -1.48. The van der Waals surface area contributed by atoms with Crippen molar-refractivity contribution in [3.05, 3.63) is 30.5 Å². The number of hydrogen-bond donors (Lipinski definition) is 4. The van der Waals surface area contributed by atoms with Crippen LogP contribution in [0.2, 0.25) is 0 Å². The molecule has 5 atom stereocenters. The van der Waals surface area contributed by atoms with Crippen LogP contribution in [-0.4, -0.2) is 81.4 Å². The molecule has 0 bridgehead atoms. The van der Waals surface area contributed by atoms with Crippen molar-refractivity contribution in [2.45, 2.75) is 29.4 Å². The Morgan fingerprint density at radius 3 is 2.74 bits per heavy atom. The topological polar surface area (TPSA) is 121 Å². The van der Waals surface area contributed by atoms with Crippen molar-refractivity contribution in [1.82, 2.24) is 15.0 Å². The molecule has 1 aliphatic rings. The molecule has 23 heavy (non-hydrogen) atoms. The van der Waals surface area contributed by atoms with Crippen molar-refractivity contribution in [2.24, 2.45) is 0 Å². The minimum atomic E-state index is -1.14. The Morgan fingerprint density at radius 2 is 2.04 bits per heavy atom. The molecule has 0 amide bonds. The van der Waals surface area contributed by atoms with Gasteiger partial charge in [0, 0.05) is 0 Å². The van der Waals surface area contributed by atoms with E-state index in [-0.39, 0.29) is 12.4 Å². The van der Waals surface area contributed by atoms with E-state index in [1.165, 1.54) is 10.7 Å². The van der Waals surface area contributed by atoms with Crippen LogP contribution < -0.4 is 0 Å². The van der Waals surface area contributed by atoms with Gasteiger partial charge in [-0.15, -0.1) is 0 Å². The molecule has 2 aromatic rings. The summed E-state index contributed by atoms with van der Waals surface area (Å²) in [6.07, 6.45) is -1.45. The van der Waals surface area contributed by atoms with Gasteiger partial charge in [0.1, 0.15) is 0 Å². The first-order valence-corrected chi connectivity index (χ1v) is 7.99. The van der Waals surface area contributed by atoms with Crippen molar-refractivity contribution in [1.29, 1.82) is 0 Å². The first-order valence-electron chi connectivity index (χ1n) is 7.00. The van der Waals surface area contributed by atoms with E-state index in [9.17, 15) is 20.4 Å². The fourth-order valence-electron chi connectivity index (χ4n) is 2.60. The van der Waals surface area contributed by atoms with Crippen LogP contribution >= 0.6 is 0 Å². The quantitative estimate of drug-likeness (QED) is 0.490. The first-order chi connectivity index (χ1) is 11.0. The number of phenolic OH excluding ortho intramolecular Hbond substituents is 1. The summed E-state index contributed by atoms with van der Waals surface area (Å²) in [4.78, 5) is 0. The third-order valence-electron chi connectivity index (χ3n) is 3.81. The molecule has 3 rings (SSSR count). The number of hydrogen-bond acceptors (Lipinski definition) is 7. The van der Waals surface area contributed by atoms with Gasteiger partial charge in [0.2, 0.25) is 0 Å². The molecule has 1 fully saturated rings. The number of benzene rings is 1. The molecule has 1 aliphatic heterocycles. The van der Waals surface area contributed by atoms with Gasteiger partial charge in [-0.05, 0) is 0 Å². The van der Waals surface area contributed by atoms with Crippen molar-refractivity contribution >= 4 is 16.0 Å². The van der Waals surface area contributed by atoms with Gasteiger partial charge >= 0.3 is 140 Å². The maximum absolute atomic E-state index is 10.3. The summed E-state index contributed by atoms with van der Waals surface area (Å²) in [7, 11) is 0. The van der Waals surface area contributed by atoms with Gasteiger partial charge in [0.05, 0.1) is 0 Å². The molecule has 0 saturated carbocycles. The zero-order valence-electron chi connectivity index (χ0n) is 11.9. The number of aliphatic hydroxyl groups is 3. The summed E-state index contributed by atoms with van der Waals surface area (Å²) in [6, 6.07) is 5.71. The summed E-state index contributed by atoms with van der Waals surface area (Å²) in [5.74, 6) is 0.103. The van der Waals surface area contributed by atoms with E-state index < -0.39 is 29.4 Å².